The molecule has 0 bridgehead atoms. The lowest BCUT2D eigenvalue weighted by molar-refractivity contribution is 0.252. The van der Waals surface area contributed by atoms with E-state index in [0.29, 0.717) is 6.04 Å². The van der Waals surface area contributed by atoms with E-state index < -0.39 is 0 Å². The molecule has 2 aromatic rings. The normalized spacial score (nSPS) is 15.8. The second-order valence-electron chi connectivity index (χ2n) is 7.07. The number of para-hydroxylation sites is 1. The molecule has 5 heteroatoms. The van der Waals surface area contributed by atoms with Gasteiger partial charge in [0.15, 0.2) is 0 Å². The van der Waals surface area contributed by atoms with E-state index in [-0.39, 0.29) is 0 Å². The van der Waals surface area contributed by atoms with Crippen molar-refractivity contribution in [3.8, 4) is 5.75 Å². The van der Waals surface area contributed by atoms with Crippen LogP contribution in [-0.2, 0) is 13.1 Å². The summed E-state index contributed by atoms with van der Waals surface area (Å²) in [6.07, 6.45) is 6.07. The number of piperidine rings is 1. The van der Waals surface area contributed by atoms with Gasteiger partial charge in [-0.25, -0.2) is 0 Å². The molecule has 1 saturated heterocycles. The van der Waals surface area contributed by atoms with Crippen molar-refractivity contribution >= 4 is 5.69 Å². The van der Waals surface area contributed by atoms with Gasteiger partial charge in [0.1, 0.15) is 5.75 Å². The number of nitrogens with one attached hydrogen (secondary N) is 1. The number of likely N-dealkylation sites (tertiary alicyclic amines) is 1. The van der Waals surface area contributed by atoms with Crippen molar-refractivity contribution in [2.45, 2.75) is 32.0 Å². The molecule has 0 saturated carbocycles. The highest BCUT2D eigenvalue weighted by Crippen LogP contribution is 2.25. The minimum Gasteiger partial charge on any atom is -0.496 e. The molecule has 0 atom stereocenters. The van der Waals surface area contributed by atoms with Gasteiger partial charge < -0.3 is 19.9 Å². The largest absolute Gasteiger partial charge is 0.496 e. The van der Waals surface area contributed by atoms with Crippen molar-refractivity contribution in [1.82, 2.24) is 15.2 Å². The fraction of sp³-hybridized carbons (Fsp3) is 0.476. The number of anilines is 1. The van der Waals surface area contributed by atoms with E-state index in [0.717, 1.165) is 24.4 Å². The summed E-state index contributed by atoms with van der Waals surface area (Å²) >= 11 is 0. The molecule has 0 amide bonds. The molecule has 0 spiro atoms. The molecule has 1 aliphatic rings. The zero-order valence-corrected chi connectivity index (χ0v) is 16.1. The summed E-state index contributed by atoms with van der Waals surface area (Å²) in [5, 5.41) is 3.54. The van der Waals surface area contributed by atoms with Crippen LogP contribution < -0.4 is 15.0 Å². The third kappa shape index (κ3) is 4.54. The zero-order chi connectivity index (χ0) is 18.4. The van der Waals surface area contributed by atoms with E-state index in [4.69, 9.17) is 4.74 Å². The van der Waals surface area contributed by atoms with Crippen LogP contribution in [0.25, 0.3) is 0 Å². The molecule has 1 N–H and O–H groups in total. The molecule has 5 nitrogen and oxygen atoms in total. The Hall–Kier alpha value is -2.11. The fourth-order valence-corrected chi connectivity index (χ4v) is 3.66. The minimum atomic E-state index is 0.616. The molecule has 0 aliphatic carbocycles. The fourth-order valence-electron chi connectivity index (χ4n) is 3.66. The molecule has 1 aromatic carbocycles. The van der Waals surface area contributed by atoms with Crippen LogP contribution in [0.3, 0.4) is 0 Å². The van der Waals surface area contributed by atoms with Gasteiger partial charge >= 0.3 is 0 Å². The van der Waals surface area contributed by atoms with E-state index in [1.165, 1.54) is 37.2 Å². The van der Waals surface area contributed by atoms with Gasteiger partial charge in [-0.05, 0) is 50.7 Å². The van der Waals surface area contributed by atoms with E-state index in [1.807, 2.05) is 12.3 Å². The van der Waals surface area contributed by atoms with Gasteiger partial charge in [0.25, 0.3) is 0 Å². The minimum absolute atomic E-state index is 0.616. The Morgan fingerprint density at radius 3 is 2.65 bits per heavy atom. The summed E-state index contributed by atoms with van der Waals surface area (Å²) in [5.74, 6) is 0.879. The van der Waals surface area contributed by atoms with Crippen molar-refractivity contribution < 1.29 is 4.74 Å². The standard InChI is InChI=1S/C21H30N4O/c1-24-12-9-19(10-13-24)25(2)20-7-5-4-6-17(20)14-23-16-18-15-22-11-8-21(18)26-3/h4-8,11,15,19,23H,9-10,12-14,16H2,1-3H3. The van der Waals surface area contributed by atoms with Crippen LogP contribution in [-0.4, -0.2) is 50.2 Å². The summed E-state index contributed by atoms with van der Waals surface area (Å²) in [4.78, 5) is 9.08. The van der Waals surface area contributed by atoms with E-state index in [9.17, 15) is 0 Å². The Morgan fingerprint density at radius 2 is 1.88 bits per heavy atom. The number of aromatic nitrogens is 1. The molecule has 140 valence electrons. The number of nitrogens with zero attached hydrogens (tertiary/aromatic N) is 3. The Bertz CT molecular complexity index is 698. The molecule has 1 aliphatic heterocycles. The van der Waals surface area contributed by atoms with Gasteiger partial charge in [-0.1, -0.05) is 18.2 Å². The Labute approximate surface area is 157 Å². The highest BCUT2D eigenvalue weighted by atomic mass is 16.5. The van der Waals surface area contributed by atoms with E-state index in [1.54, 1.807) is 13.3 Å². The SMILES string of the molecule is COc1ccncc1CNCc1ccccc1N(C)C1CCN(C)CC1. The summed E-state index contributed by atoms with van der Waals surface area (Å²) in [6, 6.07) is 11.2. The van der Waals surface area contributed by atoms with Crippen LogP contribution in [0.1, 0.15) is 24.0 Å². The summed E-state index contributed by atoms with van der Waals surface area (Å²) in [6.45, 7) is 3.92. The predicted molar refractivity (Wildman–Crippen MR) is 107 cm³/mol. The molecule has 0 unspecified atom stereocenters. The summed E-state index contributed by atoms with van der Waals surface area (Å²) in [7, 11) is 6.14. The number of ether oxygens (including phenoxy) is 1. The number of rotatable bonds is 7. The van der Waals surface area contributed by atoms with Gasteiger partial charge in [-0.15, -0.1) is 0 Å². The van der Waals surface area contributed by atoms with Crippen LogP contribution in [0.5, 0.6) is 5.75 Å². The number of benzene rings is 1. The van der Waals surface area contributed by atoms with Crippen LogP contribution >= 0.6 is 0 Å². The lowest BCUT2D eigenvalue weighted by atomic mass is 10.0. The first kappa shape index (κ1) is 18.7. The van der Waals surface area contributed by atoms with Crippen LogP contribution in [0.15, 0.2) is 42.7 Å². The molecule has 1 fully saturated rings. The topological polar surface area (TPSA) is 40.6 Å². The number of pyridine rings is 1. The smallest absolute Gasteiger partial charge is 0.126 e. The highest BCUT2D eigenvalue weighted by molar-refractivity contribution is 5.54. The Balaban J connectivity index is 1.63. The van der Waals surface area contributed by atoms with Gasteiger partial charge in [0.05, 0.1) is 7.11 Å². The maximum Gasteiger partial charge on any atom is 0.126 e. The number of hydrogen-bond acceptors (Lipinski definition) is 5. The van der Waals surface area contributed by atoms with Crippen molar-refractivity contribution in [3.63, 3.8) is 0 Å². The highest BCUT2D eigenvalue weighted by Gasteiger charge is 2.22. The first-order valence-electron chi connectivity index (χ1n) is 9.36. The zero-order valence-electron chi connectivity index (χ0n) is 16.1. The lowest BCUT2D eigenvalue weighted by Crippen LogP contribution is -2.42. The van der Waals surface area contributed by atoms with Crippen molar-refractivity contribution in [3.05, 3.63) is 53.9 Å². The summed E-state index contributed by atoms with van der Waals surface area (Å²) < 4.78 is 5.41. The van der Waals surface area contributed by atoms with Crippen molar-refractivity contribution in [2.75, 3.05) is 39.2 Å². The van der Waals surface area contributed by atoms with Gasteiger partial charge in [0, 0.05) is 49.8 Å². The first-order valence-corrected chi connectivity index (χ1v) is 9.36. The maximum atomic E-state index is 5.41. The number of hydrogen-bond donors (Lipinski definition) is 1. The molecule has 0 radical (unpaired) electrons. The van der Waals surface area contributed by atoms with E-state index >= 15 is 0 Å². The average Bonchev–Trinajstić information content (AvgIpc) is 2.69. The number of methoxy groups -OCH3 is 1. The van der Waals surface area contributed by atoms with Crippen molar-refractivity contribution in [2.24, 2.45) is 0 Å². The molecular formula is C21H30N4O. The van der Waals surface area contributed by atoms with Gasteiger partial charge in [-0.2, -0.15) is 0 Å². The lowest BCUT2D eigenvalue weighted by Gasteiger charge is -2.37. The van der Waals surface area contributed by atoms with Gasteiger partial charge in [0.2, 0.25) is 0 Å². The monoisotopic (exact) mass is 354 g/mol. The maximum absolute atomic E-state index is 5.41. The van der Waals surface area contributed by atoms with Crippen LogP contribution in [0.4, 0.5) is 5.69 Å². The van der Waals surface area contributed by atoms with Gasteiger partial charge in [-0.3, -0.25) is 4.98 Å². The third-order valence-corrected chi connectivity index (χ3v) is 5.32. The second kappa shape index (κ2) is 9.01. The van der Waals surface area contributed by atoms with Crippen molar-refractivity contribution in [1.29, 1.82) is 0 Å². The first-order chi connectivity index (χ1) is 12.7. The van der Waals surface area contributed by atoms with Crippen LogP contribution in [0.2, 0.25) is 0 Å². The molecule has 26 heavy (non-hydrogen) atoms. The molecule has 3 rings (SSSR count). The second-order valence-corrected chi connectivity index (χ2v) is 7.07. The summed E-state index contributed by atoms with van der Waals surface area (Å²) in [5.41, 5.74) is 3.74. The molecule has 2 heterocycles. The average molecular weight is 354 g/mol. The quantitative estimate of drug-likeness (QED) is 0.828. The molecule has 1 aromatic heterocycles. The Kier molecular flexibility index (Phi) is 6.47. The predicted octanol–water partition coefficient (Wildman–Crippen LogP) is 2.91. The Morgan fingerprint density at radius 1 is 1.15 bits per heavy atom. The third-order valence-electron chi connectivity index (χ3n) is 5.32. The molecular weight excluding hydrogens is 324 g/mol. The van der Waals surface area contributed by atoms with E-state index in [2.05, 4.69) is 58.5 Å². The van der Waals surface area contributed by atoms with Crippen LogP contribution in [0, 0.1) is 0 Å².